The first kappa shape index (κ1) is 8.48. The van der Waals surface area contributed by atoms with Crippen LogP contribution < -0.4 is 0 Å². The van der Waals surface area contributed by atoms with E-state index in [1.807, 2.05) is 30.3 Å². The molecule has 1 aromatic carbocycles. The van der Waals surface area contributed by atoms with Gasteiger partial charge in [0, 0.05) is 6.42 Å². The molecule has 1 fully saturated rings. The first-order chi connectivity index (χ1) is 6.34. The molecule has 68 valence electrons. The van der Waals surface area contributed by atoms with Crippen LogP contribution in [0.4, 0.5) is 0 Å². The number of hydrogen-bond acceptors (Lipinski definition) is 2. The molecule has 1 saturated heterocycles. The normalized spacial score (nSPS) is 25.3. The minimum Gasteiger partial charge on any atom is -0.368 e. The smallest absolute Gasteiger partial charge is 0.158 e. The summed E-state index contributed by atoms with van der Waals surface area (Å²) in [6.07, 6.45) is 2.10. The van der Waals surface area contributed by atoms with Gasteiger partial charge in [0.1, 0.15) is 0 Å². The lowest BCUT2D eigenvalue weighted by molar-refractivity contribution is -0.0587. The minimum atomic E-state index is -0.602. The van der Waals surface area contributed by atoms with Crippen molar-refractivity contribution in [3.63, 3.8) is 0 Å². The number of aliphatic hydroxyl groups excluding tert-OH is 1. The summed E-state index contributed by atoms with van der Waals surface area (Å²) >= 11 is 0. The molecule has 1 aliphatic heterocycles. The average Bonchev–Trinajstić information content (AvgIpc) is 2.53. The number of hydrogen-bond donors (Lipinski definition) is 1. The average molecular weight is 176 g/mol. The maximum absolute atomic E-state index is 9.11. The van der Waals surface area contributed by atoms with Gasteiger partial charge < -0.3 is 9.84 Å². The molecule has 1 N–H and O–H groups in total. The van der Waals surface area contributed by atoms with Gasteiger partial charge in [0.05, 0.1) is 6.61 Å². The van der Waals surface area contributed by atoms with E-state index < -0.39 is 6.29 Å². The molecule has 1 heterocycles. The molecule has 0 radical (unpaired) electrons. The van der Waals surface area contributed by atoms with Crippen molar-refractivity contribution in [2.45, 2.75) is 12.7 Å². The molecule has 13 heavy (non-hydrogen) atoms. The highest BCUT2D eigenvalue weighted by Crippen LogP contribution is 2.19. The molecule has 0 bridgehead atoms. The van der Waals surface area contributed by atoms with E-state index in [9.17, 15) is 0 Å². The Morgan fingerprint density at radius 1 is 1.31 bits per heavy atom. The fraction of sp³-hybridized carbons (Fsp3) is 0.273. The van der Waals surface area contributed by atoms with E-state index in [-0.39, 0.29) is 0 Å². The summed E-state index contributed by atoms with van der Waals surface area (Å²) in [6.45, 7) is 0.552. The van der Waals surface area contributed by atoms with Gasteiger partial charge in [-0.15, -0.1) is 0 Å². The van der Waals surface area contributed by atoms with Crippen LogP contribution >= 0.6 is 0 Å². The molecule has 0 spiro atoms. The van der Waals surface area contributed by atoms with Crippen molar-refractivity contribution in [2.24, 2.45) is 0 Å². The molecule has 0 aromatic heterocycles. The Morgan fingerprint density at radius 3 is 2.69 bits per heavy atom. The van der Waals surface area contributed by atoms with Crippen LogP contribution in [0.1, 0.15) is 12.0 Å². The summed E-state index contributed by atoms with van der Waals surface area (Å²) < 4.78 is 5.02. The second-order valence-corrected chi connectivity index (χ2v) is 3.18. The SMILES string of the molecule is O[C@H]1C/C(=C/c2ccccc2)CO1. The summed E-state index contributed by atoms with van der Waals surface area (Å²) in [7, 11) is 0. The van der Waals surface area contributed by atoms with Gasteiger partial charge >= 0.3 is 0 Å². The highest BCUT2D eigenvalue weighted by Gasteiger charge is 2.16. The van der Waals surface area contributed by atoms with Crippen molar-refractivity contribution < 1.29 is 9.84 Å². The molecule has 0 saturated carbocycles. The predicted molar refractivity (Wildman–Crippen MR) is 51.0 cm³/mol. The van der Waals surface area contributed by atoms with Crippen LogP contribution in [0.25, 0.3) is 6.08 Å². The molecule has 1 atom stereocenters. The van der Waals surface area contributed by atoms with E-state index >= 15 is 0 Å². The fourth-order valence-electron chi connectivity index (χ4n) is 1.43. The van der Waals surface area contributed by atoms with Crippen molar-refractivity contribution in [3.8, 4) is 0 Å². The second kappa shape index (κ2) is 3.73. The van der Waals surface area contributed by atoms with E-state index in [4.69, 9.17) is 9.84 Å². The Hall–Kier alpha value is -1.12. The first-order valence-electron chi connectivity index (χ1n) is 4.39. The van der Waals surface area contributed by atoms with Gasteiger partial charge in [0.15, 0.2) is 6.29 Å². The van der Waals surface area contributed by atoms with Gasteiger partial charge in [-0.05, 0) is 11.1 Å². The van der Waals surface area contributed by atoms with Gasteiger partial charge in [0.25, 0.3) is 0 Å². The molecule has 2 heteroatoms. The Bertz CT molecular complexity index is 303. The van der Waals surface area contributed by atoms with Gasteiger partial charge in [-0.3, -0.25) is 0 Å². The zero-order chi connectivity index (χ0) is 9.10. The third kappa shape index (κ3) is 2.17. The second-order valence-electron chi connectivity index (χ2n) is 3.18. The standard InChI is InChI=1S/C11H12O2/c12-11-7-10(8-13-11)6-9-4-2-1-3-5-9/h1-6,11-12H,7-8H2/b10-6-/t11-/m1/s1. The molecule has 2 nitrogen and oxygen atoms in total. The van der Waals surface area contributed by atoms with Gasteiger partial charge in [-0.1, -0.05) is 36.4 Å². The third-order valence-electron chi connectivity index (χ3n) is 2.07. The summed E-state index contributed by atoms with van der Waals surface area (Å²) in [6, 6.07) is 10.1. The summed E-state index contributed by atoms with van der Waals surface area (Å²) in [5.41, 5.74) is 2.31. The first-order valence-corrected chi connectivity index (χ1v) is 4.39. The zero-order valence-corrected chi connectivity index (χ0v) is 7.31. The zero-order valence-electron chi connectivity index (χ0n) is 7.31. The highest BCUT2D eigenvalue weighted by atomic mass is 16.6. The van der Waals surface area contributed by atoms with E-state index in [1.165, 1.54) is 0 Å². The van der Waals surface area contributed by atoms with Crippen molar-refractivity contribution in [1.29, 1.82) is 0 Å². The minimum absolute atomic E-state index is 0.552. The van der Waals surface area contributed by atoms with Gasteiger partial charge in [0.2, 0.25) is 0 Å². The van der Waals surface area contributed by atoms with E-state index in [0.29, 0.717) is 13.0 Å². The van der Waals surface area contributed by atoms with Crippen LogP contribution in [0, 0.1) is 0 Å². The predicted octanol–water partition coefficient (Wildman–Crippen LogP) is 1.81. The highest BCUT2D eigenvalue weighted by molar-refractivity contribution is 5.53. The molecule has 0 unspecified atom stereocenters. The van der Waals surface area contributed by atoms with Crippen LogP contribution in [-0.2, 0) is 4.74 Å². The van der Waals surface area contributed by atoms with Crippen LogP contribution in [0.3, 0.4) is 0 Å². The van der Waals surface area contributed by atoms with Gasteiger partial charge in [-0.25, -0.2) is 0 Å². The summed E-state index contributed by atoms with van der Waals surface area (Å²) in [5.74, 6) is 0. The largest absolute Gasteiger partial charge is 0.368 e. The molecular weight excluding hydrogens is 164 g/mol. The molecule has 1 aliphatic rings. The number of rotatable bonds is 1. The molecule has 2 rings (SSSR count). The van der Waals surface area contributed by atoms with E-state index in [0.717, 1.165) is 11.1 Å². The lowest BCUT2D eigenvalue weighted by atomic mass is 10.1. The maximum Gasteiger partial charge on any atom is 0.158 e. The lowest BCUT2D eigenvalue weighted by Crippen LogP contribution is -1.99. The van der Waals surface area contributed by atoms with E-state index in [1.54, 1.807) is 0 Å². The van der Waals surface area contributed by atoms with Crippen LogP contribution in [0.5, 0.6) is 0 Å². The summed E-state index contributed by atoms with van der Waals surface area (Å²) in [5, 5.41) is 9.11. The van der Waals surface area contributed by atoms with Crippen molar-refractivity contribution in [3.05, 3.63) is 41.5 Å². The Balaban J connectivity index is 2.13. The number of aliphatic hydroxyl groups is 1. The Kier molecular flexibility index (Phi) is 2.43. The number of ether oxygens (including phenoxy) is 1. The molecule has 0 amide bonds. The monoisotopic (exact) mass is 176 g/mol. The quantitative estimate of drug-likeness (QED) is 0.707. The van der Waals surface area contributed by atoms with E-state index in [2.05, 4.69) is 6.08 Å². The molecule has 0 aliphatic carbocycles. The summed E-state index contributed by atoms with van der Waals surface area (Å²) in [4.78, 5) is 0. The topological polar surface area (TPSA) is 29.5 Å². The Morgan fingerprint density at radius 2 is 2.08 bits per heavy atom. The molecule has 1 aromatic rings. The van der Waals surface area contributed by atoms with Crippen molar-refractivity contribution in [2.75, 3.05) is 6.61 Å². The van der Waals surface area contributed by atoms with Crippen molar-refractivity contribution in [1.82, 2.24) is 0 Å². The third-order valence-corrected chi connectivity index (χ3v) is 2.07. The van der Waals surface area contributed by atoms with Crippen LogP contribution in [-0.4, -0.2) is 18.0 Å². The van der Waals surface area contributed by atoms with Gasteiger partial charge in [-0.2, -0.15) is 0 Å². The fourth-order valence-corrected chi connectivity index (χ4v) is 1.43. The van der Waals surface area contributed by atoms with Crippen molar-refractivity contribution >= 4 is 6.08 Å². The molecular formula is C11H12O2. The number of benzene rings is 1. The van der Waals surface area contributed by atoms with Crippen LogP contribution in [0.15, 0.2) is 35.9 Å². The maximum atomic E-state index is 9.11. The lowest BCUT2D eigenvalue weighted by Gasteiger charge is -1.95. The Labute approximate surface area is 77.5 Å². The van der Waals surface area contributed by atoms with Crippen LogP contribution in [0.2, 0.25) is 0 Å².